The number of rotatable bonds is 10. The number of ether oxygens (including phenoxy) is 6. The maximum absolute atomic E-state index is 6.15. The van der Waals surface area contributed by atoms with E-state index < -0.39 is 17.9 Å². The van der Waals surface area contributed by atoms with Crippen LogP contribution in [-0.2, 0) is 28.4 Å². The Labute approximate surface area is 164 Å². The van der Waals surface area contributed by atoms with Crippen LogP contribution in [0, 0.1) is 0 Å². The van der Waals surface area contributed by atoms with Crippen LogP contribution in [0.3, 0.4) is 0 Å². The van der Waals surface area contributed by atoms with Gasteiger partial charge in [-0.2, -0.15) is 0 Å². The molecule has 3 heterocycles. The summed E-state index contributed by atoms with van der Waals surface area (Å²) in [4.78, 5) is 0. The molecule has 0 unspecified atom stereocenters. The molecule has 0 bridgehead atoms. The highest BCUT2D eigenvalue weighted by atomic mass is 16.9. The van der Waals surface area contributed by atoms with Crippen LogP contribution in [-0.4, -0.2) is 55.5 Å². The minimum Gasteiger partial charge on any atom is -0.379 e. The van der Waals surface area contributed by atoms with Crippen LogP contribution in [0.25, 0.3) is 0 Å². The lowest BCUT2D eigenvalue weighted by Crippen LogP contribution is -2.56. The maximum atomic E-state index is 6.15. The molecule has 3 saturated heterocycles. The standard InChI is InChI=1S/C21H38O6/c1-6-7-8-9-10-11-12-13-22-14-15-16-17(25-20(2,3)24-16)18-19(23-15)27-21(4,5)26-18/h15-19H,6-14H2,1-5H3/t15-,16+,17+,18+,19+/m0/s1. The summed E-state index contributed by atoms with van der Waals surface area (Å²) in [5.74, 6) is -1.33. The highest BCUT2D eigenvalue weighted by molar-refractivity contribution is 5.00. The lowest BCUT2D eigenvalue weighted by atomic mass is 9.99. The van der Waals surface area contributed by atoms with Gasteiger partial charge in [-0.15, -0.1) is 0 Å². The summed E-state index contributed by atoms with van der Waals surface area (Å²) in [6.45, 7) is 11.1. The second-order valence-corrected chi connectivity index (χ2v) is 8.90. The minimum atomic E-state index is -0.677. The first-order valence-electron chi connectivity index (χ1n) is 10.8. The van der Waals surface area contributed by atoms with Gasteiger partial charge in [-0.3, -0.25) is 0 Å². The predicted molar refractivity (Wildman–Crippen MR) is 101 cm³/mol. The average molecular weight is 387 g/mol. The number of hydrogen-bond acceptors (Lipinski definition) is 6. The lowest BCUT2D eigenvalue weighted by Gasteiger charge is -2.37. The Morgan fingerprint density at radius 1 is 0.704 bits per heavy atom. The fourth-order valence-corrected chi connectivity index (χ4v) is 4.19. The van der Waals surface area contributed by atoms with Gasteiger partial charge in [-0.1, -0.05) is 45.4 Å². The topological polar surface area (TPSA) is 55.4 Å². The highest BCUT2D eigenvalue weighted by Gasteiger charge is 2.60. The monoisotopic (exact) mass is 386 g/mol. The molecule has 3 rings (SSSR count). The summed E-state index contributed by atoms with van der Waals surface area (Å²) in [5.41, 5.74) is 0. The molecule has 0 N–H and O–H groups in total. The minimum absolute atomic E-state index is 0.201. The molecule has 0 aliphatic carbocycles. The van der Waals surface area contributed by atoms with E-state index in [0.717, 1.165) is 13.0 Å². The molecule has 0 aromatic heterocycles. The normalized spacial score (nSPS) is 36.6. The lowest BCUT2D eigenvalue weighted by molar-refractivity contribution is -0.243. The zero-order valence-electron chi connectivity index (χ0n) is 17.7. The van der Waals surface area contributed by atoms with Gasteiger partial charge < -0.3 is 28.4 Å². The van der Waals surface area contributed by atoms with Gasteiger partial charge in [-0.05, 0) is 34.1 Å². The molecule has 6 heteroatoms. The van der Waals surface area contributed by atoms with E-state index in [9.17, 15) is 0 Å². The van der Waals surface area contributed by atoms with E-state index in [-0.39, 0.29) is 24.4 Å². The van der Waals surface area contributed by atoms with Crippen LogP contribution in [0.1, 0.15) is 79.6 Å². The number of fused-ring (bicyclic) bond motifs is 3. The molecule has 3 aliphatic rings. The largest absolute Gasteiger partial charge is 0.379 e. The van der Waals surface area contributed by atoms with E-state index in [0.29, 0.717) is 6.61 Å². The predicted octanol–water partition coefficient (Wildman–Crippen LogP) is 4.15. The van der Waals surface area contributed by atoms with Crippen LogP contribution in [0.4, 0.5) is 0 Å². The van der Waals surface area contributed by atoms with E-state index in [1.807, 2.05) is 27.7 Å². The second kappa shape index (κ2) is 9.06. The summed E-state index contributed by atoms with van der Waals surface area (Å²) in [6, 6.07) is 0. The molecule has 0 aromatic carbocycles. The van der Waals surface area contributed by atoms with Crippen molar-refractivity contribution in [1.29, 1.82) is 0 Å². The summed E-state index contributed by atoms with van der Waals surface area (Å²) < 4.78 is 36.2. The molecule has 5 atom stereocenters. The van der Waals surface area contributed by atoms with Gasteiger partial charge in [0.05, 0.1) is 6.61 Å². The van der Waals surface area contributed by atoms with E-state index in [1.165, 1.54) is 38.5 Å². The molecule has 6 nitrogen and oxygen atoms in total. The Bertz CT molecular complexity index is 466. The zero-order valence-corrected chi connectivity index (χ0v) is 17.7. The Balaban J connectivity index is 1.43. The Kier molecular flexibility index (Phi) is 7.20. The van der Waals surface area contributed by atoms with E-state index >= 15 is 0 Å². The molecule has 0 amide bonds. The third-order valence-electron chi connectivity index (χ3n) is 5.43. The fourth-order valence-electron chi connectivity index (χ4n) is 4.19. The van der Waals surface area contributed by atoms with E-state index in [4.69, 9.17) is 28.4 Å². The SMILES string of the molecule is CCCCCCCCCOC[C@@H]1O[C@@H]2OC(C)(C)O[C@@H]2[C@@H]2OC(C)(C)O[C@@H]21. The van der Waals surface area contributed by atoms with Gasteiger partial charge in [0.15, 0.2) is 17.9 Å². The van der Waals surface area contributed by atoms with Crippen molar-refractivity contribution >= 4 is 0 Å². The Morgan fingerprint density at radius 3 is 2.04 bits per heavy atom. The number of hydrogen-bond donors (Lipinski definition) is 0. The third kappa shape index (κ3) is 5.64. The molecule has 0 aromatic rings. The molecule has 27 heavy (non-hydrogen) atoms. The first-order valence-corrected chi connectivity index (χ1v) is 10.8. The maximum Gasteiger partial charge on any atom is 0.190 e. The van der Waals surface area contributed by atoms with Crippen LogP contribution < -0.4 is 0 Å². The van der Waals surface area contributed by atoms with Gasteiger partial charge in [0.2, 0.25) is 0 Å². The molecule has 3 fully saturated rings. The molecular formula is C21H38O6. The van der Waals surface area contributed by atoms with Crippen molar-refractivity contribution in [1.82, 2.24) is 0 Å². The molecule has 0 saturated carbocycles. The fraction of sp³-hybridized carbons (Fsp3) is 1.00. The van der Waals surface area contributed by atoms with Crippen molar-refractivity contribution in [3.63, 3.8) is 0 Å². The Hall–Kier alpha value is -0.240. The Morgan fingerprint density at radius 2 is 1.30 bits per heavy atom. The molecular weight excluding hydrogens is 348 g/mol. The first-order chi connectivity index (χ1) is 12.8. The van der Waals surface area contributed by atoms with Crippen molar-refractivity contribution in [2.75, 3.05) is 13.2 Å². The zero-order chi connectivity index (χ0) is 19.5. The molecule has 3 aliphatic heterocycles. The van der Waals surface area contributed by atoms with Gasteiger partial charge in [0, 0.05) is 6.61 Å². The first kappa shape index (κ1) is 21.5. The van der Waals surface area contributed by atoms with Crippen molar-refractivity contribution in [3.05, 3.63) is 0 Å². The van der Waals surface area contributed by atoms with E-state index in [2.05, 4.69) is 6.92 Å². The summed E-state index contributed by atoms with van der Waals surface area (Å²) in [5, 5.41) is 0. The summed E-state index contributed by atoms with van der Waals surface area (Å²) in [6.07, 6.45) is 7.62. The van der Waals surface area contributed by atoms with Crippen molar-refractivity contribution in [2.45, 2.75) is 122 Å². The van der Waals surface area contributed by atoms with Crippen LogP contribution in [0.5, 0.6) is 0 Å². The van der Waals surface area contributed by atoms with E-state index in [1.54, 1.807) is 0 Å². The van der Waals surface area contributed by atoms with Crippen molar-refractivity contribution in [2.24, 2.45) is 0 Å². The summed E-state index contributed by atoms with van der Waals surface area (Å²) in [7, 11) is 0. The highest BCUT2D eigenvalue weighted by Crippen LogP contribution is 2.44. The second-order valence-electron chi connectivity index (χ2n) is 8.90. The average Bonchev–Trinajstić information content (AvgIpc) is 3.07. The van der Waals surface area contributed by atoms with Crippen molar-refractivity contribution < 1.29 is 28.4 Å². The van der Waals surface area contributed by atoms with Crippen LogP contribution >= 0.6 is 0 Å². The van der Waals surface area contributed by atoms with Gasteiger partial charge in [0.1, 0.15) is 24.4 Å². The summed E-state index contributed by atoms with van der Waals surface area (Å²) >= 11 is 0. The van der Waals surface area contributed by atoms with Crippen LogP contribution in [0.2, 0.25) is 0 Å². The third-order valence-corrected chi connectivity index (χ3v) is 5.43. The molecule has 0 spiro atoms. The van der Waals surface area contributed by atoms with Crippen molar-refractivity contribution in [3.8, 4) is 0 Å². The van der Waals surface area contributed by atoms with Gasteiger partial charge in [0.25, 0.3) is 0 Å². The number of unbranched alkanes of at least 4 members (excludes halogenated alkanes) is 6. The smallest absolute Gasteiger partial charge is 0.190 e. The molecule has 158 valence electrons. The van der Waals surface area contributed by atoms with Gasteiger partial charge in [-0.25, -0.2) is 0 Å². The van der Waals surface area contributed by atoms with Gasteiger partial charge >= 0.3 is 0 Å². The van der Waals surface area contributed by atoms with Crippen LogP contribution in [0.15, 0.2) is 0 Å². The quantitative estimate of drug-likeness (QED) is 0.526. The molecule has 0 radical (unpaired) electrons.